The van der Waals surface area contributed by atoms with E-state index < -0.39 is 24.2 Å². The first kappa shape index (κ1) is 19.5. The van der Waals surface area contributed by atoms with Crippen molar-refractivity contribution in [1.82, 2.24) is 24.6 Å². The average molecular weight is 434 g/mol. The van der Waals surface area contributed by atoms with Gasteiger partial charge in [0.2, 0.25) is 0 Å². The van der Waals surface area contributed by atoms with Gasteiger partial charge in [-0.3, -0.25) is 0 Å². The molecule has 5 heterocycles. The summed E-state index contributed by atoms with van der Waals surface area (Å²) in [7, 11) is 0. The molecule has 11 heteroatoms. The second kappa shape index (κ2) is 7.03. The third kappa shape index (κ3) is 3.29. The summed E-state index contributed by atoms with van der Waals surface area (Å²) in [5.41, 5.74) is 1.33. The minimum absolute atomic E-state index is 0.249. The van der Waals surface area contributed by atoms with Crippen LogP contribution in [0.5, 0.6) is 0 Å². The summed E-state index contributed by atoms with van der Waals surface area (Å²) < 4.78 is 66.8. The molecule has 5 rings (SSSR count). The van der Waals surface area contributed by atoms with Crippen molar-refractivity contribution >= 4 is 11.3 Å². The quantitative estimate of drug-likeness (QED) is 0.480. The highest BCUT2D eigenvalue weighted by molar-refractivity contribution is 5.54. The topological polar surface area (TPSA) is 62.1 Å². The van der Waals surface area contributed by atoms with Gasteiger partial charge in [0.25, 0.3) is 6.43 Å². The van der Waals surface area contributed by atoms with E-state index in [2.05, 4.69) is 20.1 Å². The number of aromatic nitrogens is 5. The molecule has 0 spiro atoms. The summed E-state index contributed by atoms with van der Waals surface area (Å²) in [6, 6.07) is 7.84. The van der Waals surface area contributed by atoms with Crippen LogP contribution in [0.15, 0.2) is 48.9 Å². The lowest BCUT2D eigenvalue weighted by Crippen LogP contribution is -2.37. The molecule has 31 heavy (non-hydrogen) atoms. The van der Waals surface area contributed by atoms with E-state index in [4.69, 9.17) is 0 Å². The third-order valence-corrected chi connectivity index (χ3v) is 5.33. The number of anilines is 1. The molecule has 0 aromatic carbocycles. The molecule has 1 atom stereocenters. The first-order valence-electron chi connectivity index (χ1n) is 9.41. The number of halogens is 5. The van der Waals surface area contributed by atoms with Crippen molar-refractivity contribution < 1.29 is 22.0 Å². The summed E-state index contributed by atoms with van der Waals surface area (Å²) in [4.78, 5) is 13.2. The first-order valence-corrected chi connectivity index (χ1v) is 9.41. The van der Waals surface area contributed by atoms with E-state index in [0.717, 1.165) is 18.0 Å². The van der Waals surface area contributed by atoms with Crippen LogP contribution in [0.3, 0.4) is 0 Å². The molecule has 0 saturated heterocycles. The Labute approximate surface area is 172 Å². The number of imidazole rings is 1. The highest BCUT2D eigenvalue weighted by Crippen LogP contribution is 2.37. The van der Waals surface area contributed by atoms with Gasteiger partial charge in [-0.25, -0.2) is 23.3 Å². The molecule has 160 valence electrons. The van der Waals surface area contributed by atoms with Gasteiger partial charge in [-0.15, -0.1) is 0 Å². The van der Waals surface area contributed by atoms with Crippen molar-refractivity contribution in [1.29, 1.82) is 0 Å². The number of nitrogens with one attached hydrogen (secondary N) is 1. The zero-order valence-electron chi connectivity index (χ0n) is 15.8. The van der Waals surface area contributed by atoms with E-state index in [-0.39, 0.29) is 5.69 Å². The average Bonchev–Trinajstić information content (AvgIpc) is 3.38. The number of fused-ring (bicyclic) bond motifs is 2. The van der Waals surface area contributed by atoms with Crippen LogP contribution in [0.4, 0.5) is 27.8 Å². The monoisotopic (exact) mass is 434 g/mol. The largest absolute Gasteiger partial charge is 0.417 e. The lowest BCUT2D eigenvalue weighted by atomic mass is 9.99. The molecule has 0 unspecified atom stereocenters. The molecule has 0 aliphatic carbocycles. The number of aromatic amines is 1. The fraction of sp³-hybridized carbons (Fsp3) is 0.250. The fourth-order valence-corrected chi connectivity index (χ4v) is 3.90. The number of H-pyrrole nitrogens is 1. The Bertz CT molecular complexity index is 1230. The molecular formula is C20H15F5N6. The van der Waals surface area contributed by atoms with Gasteiger partial charge in [0.15, 0.2) is 0 Å². The van der Waals surface area contributed by atoms with E-state index in [1.807, 2.05) is 0 Å². The van der Waals surface area contributed by atoms with Gasteiger partial charge in [-0.2, -0.15) is 18.3 Å². The van der Waals surface area contributed by atoms with Gasteiger partial charge >= 0.3 is 6.18 Å². The molecule has 1 N–H and O–H groups in total. The Kier molecular flexibility index (Phi) is 4.42. The van der Waals surface area contributed by atoms with Crippen LogP contribution >= 0.6 is 0 Å². The van der Waals surface area contributed by atoms with Crippen LogP contribution in [-0.2, 0) is 12.6 Å². The number of alkyl halides is 5. The molecule has 0 fully saturated rings. The van der Waals surface area contributed by atoms with Gasteiger partial charge in [0.05, 0.1) is 28.8 Å². The van der Waals surface area contributed by atoms with E-state index in [1.165, 1.54) is 29.0 Å². The smallest absolute Gasteiger partial charge is 0.348 e. The summed E-state index contributed by atoms with van der Waals surface area (Å²) in [6.07, 6.45) is -4.32. The maximum absolute atomic E-state index is 13.4. The van der Waals surface area contributed by atoms with E-state index >= 15 is 0 Å². The van der Waals surface area contributed by atoms with E-state index in [9.17, 15) is 22.0 Å². The van der Waals surface area contributed by atoms with Crippen LogP contribution in [0.1, 0.15) is 40.8 Å². The van der Waals surface area contributed by atoms with E-state index in [1.54, 1.807) is 17.0 Å². The zero-order valence-corrected chi connectivity index (χ0v) is 15.8. The van der Waals surface area contributed by atoms with Crippen LogP contribution in [0.25, 0.3) is 5.52 Å². The maximum atomic E-state index is 13.4. The highest BCUT2D eigenvalue weighted by Gasteiger charge is 2.35. The Morgan fingerprint density at radius 1 is 1.10 bits per heavy atom. The molecule has 0 bridgehead atoms. The van der Waals surface area contributed by atoms with Crippen molar-refractivity contribution in [3.63, 3.8) is 0 Å². The molecule has 1 aliphatic heterocycles. The Hall–Kier alpha value is -3.50. The molecule has 6 nitrogen and oxygen atoms in total. The second-order valence-electron chi connectivity index (χ2n) is 7.17. The van der Waals surface area contributed by atoms with Crippen LogP contribution in [0.2, 0.25) is 0 Å². The van der Waals surface area contributed by atoms with Crippen molar-refractivity contribution in [2.24, 2.45) is 0 Å². The molecular weight excluding hydrogens is 419 g/mol. The standard InChI is InChI=1S/C20H15F5N6/c21-19(22)15-3-1-2-12-8-14(29-31(12)15)18-17-13(27-10-28-17)6-7-30(18)16-5-4-11(9-26-16)20(23,24)25/h1-5,8-10,18-19H,6-7H2,(H,27,28)/t18-/m1/s1. The molecule has 0 saturated carbocycles. The molecule has 4 aromatic heterocycles. The number of hydrogen-bond acceptors (Lipinski definition) is 4. The van der Waals surface area contributed by atoms with Gasteiger partial charge < -0.3 is 9.88 Å². The SMILES string of the molecule is FC(F)c1cccc2cc([C@@H]3c4nc[nH]c4CCN3c3ccc(C(F)(F)F)cn3)nn12. The van der Waals surface area contributed by atoms with Crippen molar-refractivity contribution in [2.45, 2.75) is 25.1 Å². The molecule has 0 amide bonds. The predicted molar refractivity (Wildman–Crippen MR) is 101 cm³/mol. The highest BCUT2D eigenvalue weighted by atomic mass is 19.4. The molecule has 0 radical (unpaired) electrons. The third-order valence-electron chi connectivity index (χ3n) is 5.33. The van der Waals surface area contributed by atoms with E-state index in [0.29, 0.717) is 35.7 Å². The lowest BCUT2D eigenvalue weighted by molar-refractivity contribution is -0.137. The Morgan fingerprint density at radius 3 is 2.65 bits per heavy atom. The molecule has 4 aromatic rings. The summed E-state index contributed by atoms with van der Waals surface area (Å²) in [5.74, 6) is 0.317. The second-order valence-corrected chi connectivity index (χ2v) is 7.17. The Balaban J connectivity index is 1.62. The van der Waals surface area contributed by atoms with Gasteiger partial charge in [0, 0.05) is 24.9 Å². The van der Waals surface area contributed by atoms with Gasteiger partial charge in [-0.1, -0.05) is 6.07 Å². The normalized spacial score (nSPS) is 16.8. The van der Waals surface area contributed by atoms with Crippen LogP contribution in [-0.4, -0.2) is 31.1 Å². The van der Waals surface area contributed by atoms with Crippen molar-refractivity contribution in [2.75, 3.05) is 11.4 Å². The number of rotatable bonds is 3. The number of pyridine rings is 2. The summed E-state index contributed by atoms with van der Waals surface area (Å²) in [5, 5.41) is 4.40. The summed E-state index contributed by atoms with van der Waals surface area (Å²) in [6.45, 7) is 0.438. The molecule has 1 aliphatic rings. The van der Waals surface area contributed by atoms with Gasteiger partial charge in [0.1, 0.15) is 17.6 Å². The maximum Gasteiger partial charge on any atom is 0.417 e. The number of hydrogen-bond donors (Lipinski definition) is 1. The lowest BCUT2D eigenvalue weighted by Gasteiger charge is -2.35. The van der Waals surface area contributed by atoms with Gasteiger partial charge in [-0.05, 0) is 30.3 Å². The van der Waals surface area contributed by atoms with Crippen LogP contribution < -0.4 is 4.90 Å². The fourth-order valence-electron chi connectivity index (χ4n) is 3.90. The van der Waals surface area contributed by atoms with Crippen LogP contribution in [0, 0.1) is 0 Å². The summed E-state index contributed by atoms with van der Waals surface area (Å²) >= 11 is 0. The van der Waals surface area contributed by atoms with Crippen molar-refractivity contribution in [3.8, 4) is 0 Å². The zero-order chi connectivity index (χ0) is 21.8. The first-order chi connectivity index (χ1) is 14.8. The predicted octanol–water partition coefficient (Wildman–Crippen LogP) is 4.56. The minimum atomic E-state index is -4.49. The Morgan fingerprint density at radius 2 is 1.94 bits per heavy atom. The minimum Gasteiger partial charge on any atom is -0.348 e. The number of nitrogens with zero attached hydrogens (tertiary/aromatic N) is 5. The van der Waals surface area contributed by atoms with Crippen molar-refractivity contribution in [3.05, 3.63) is 77.3 Å².